The minimum Gasteiger partial charge on any atom is -0.494 e. The van der Waals surface area contributed by atoms with E-state index in [0.29, 0.717) is 4.88 Å². The van der Waals surface area contributed by atoms with E-state index in [9.17, 15) is 14.3 Å². The van der Waals surface area contributed by atoms with Crippen molar-refractivity contribution in [2.45, 2.75) is 37.7 Å². The number of hydrogen-bond donors (Lipinski definition) is 2. The summed E-state index contributed by atoms with van der Waals surface area (Å²) in [7, 11) is 0. The molecule has 0 spiro atoms. The van der Waals surface area contributed by atoms with Gasteiger partial charge in [-0.1, -0.05) is 17.4 Å². The second kappa shape index (κ2) is 7.75. The summed E-state index contributed by atoms with van der Waals surface area (Å²) >= 11 is 1.08. The molecule has 6 nitrogen and oxygen atoms in total. The lowest BCUT2D eigenvalue weighted by atomic mass is 10.00. The van der Waals surface area contributed by atoms with Crippen LogP contribution in [-0.4, -0.2) is 34.3 Å². The number of aromatic nitrogens is 2. The molecule has 1 unspecified atom stereocenters. The van der Waals surface area contributed by atoms with Gasteiger partial charge in [0.05, 0.1) is 11.1 Å². The molecule has 1 aliphatic carbocycles. The predicted octanol–water partition coefficient (Wildman–Crippen LogP) is 3.80. The number of piperidine rings is 1. The summed E-state index contributed by atoms with van der Waals surface area (Å²) in [6.45, 7) is 1.64. The lowest BCUT2D eigenvalue weighted by Crippen LogP contribution is -2.38. The number of nitrogens with one attached hydrogen (secondary N) is 1. The summed E-state index contributed by atoms with van der Waals surface area (Å²) in [5.74, 6) is 1.39. The van der Waals surface area contributed by atoms with Gasteiger partial charge in [0.25, 0.3) is 0 Å². The van der Waals surface area contributed by atoms with E-state index in [1.165, 1.54) is 17.8 Å². The van der Waals surface area contributed by atoms with E-state index in [1.807, 2.05) is 6.07 Å². The first-order chi connectivity index (χ1) is 14.6. The third-order valence-electron chi connectivity index (χ3n) is 5.95. The number of thiazole rings is 1. The standard InChI is InChI=1S/C22H22FN3O3S/c23-14-2-6-19(24-12-14)26-9-7-15(8-10-26)29-16-3-5-17-13(11-16)1-4-18(17)20-21(27)25-22(28)30-20/h2-3,5-6,11-12,15,18,27H,1,4,7-10H2,(H,25,28). The van der Waals surface area contributed by atoms with Gasteiger partial charge in [-0.05, 0) is 48.2 Å². The summed E-state index contributed by atoms with van der Waals surface area (Å²) in [6, 6.07) is 9.29. The minimum absolute atomic E-state index is 0.00872. The number of aromatic hydroxyl groups is 1. The van der Waals surface area contributed by atoms with E-state index >= 15 is 0 Å². The van der Waals surface area contributed by atoms with Crippen molar-refractivity contribution in [3.63, 3.8) is 0 Å². The molecule has 3 heterocycles. The molecule has 2 aromatic heterocycles. The molecule has 1 saturated heterocycles. The van der Waals surface area contributed by atoms with E-state index < -0.39 is 0 Å². The second-order valence-corrected chi connectivity index (χ2v) is 8.83. The zero-order chi connectivity index (χ0) is 20.7. The van der Waals surface area contributed by atoms with E-state index in [1.54, 1.807) is 6.07 Å². The highest BCUT2D eigenvalue weighted by atomic mass is 32.1. The quantitative estimate of drug-likeness (QED) is 0.662. The van der Waals surface area contributed by atoms with Gasteiger partial charge in [-0.15, -0.1) is 0 Å². The number of anilines is 1. The van der Waals surface area contributed by atoms with Crippen LogP contribution in [0.1, 0.15) is 41.2 Å². The number of ether oxygens (including phenoxy) is 1. The Hall–Kier alpha value is -2.87. The summed E-state index contributed by atoms with van der Waals surface area (Å²) in [6.07, 6.45) is 4.92. The van der Waals surface area contributed by atoms with Crippen LogP contribution in [0.5, 0.6) is 11.6 Å². The van der Waals surface area contributed by atoms with Gasteiger partial charge in [0.1, 0.15) is 23.5 Å². The number of pyridine rings is 1. The van der Waals surface area contributed by atoms with Crippen molar-refractivity contribution in [2.24, 2.45) is 0 Å². The zero-order valence-electron chi connectivity index (χ0n) is 16.3. The largest absolute Gasteiger partial charge is 0.494 e. The molecule has 0 bridgehead atoms. The van der Waals surface area contributed by atoms with E-state index in [2.05, 4.69) is 27.0 Å². The first-order valence-corrected chi connectivity index (χ1v) is 11.0. The van der Waals surface area contributed by atoms with E-state index in [4.69, 9.17) is 4.74 Å². The van der Waals surface area contributed by atoms with Crippen molar-refractivity contribution in [1.82, 2.24) is 9.97 Å². The molecule has 1 aliphatic heterocycles. The Morgan fingerprint density at radius 1 is 1.20 bits per heavy atom. The summed E-state index contributed by atoms with van der Waals surface area (Å²) in [4.78, 5) is 20.8. The van der Waals surface area contributed by atoms with Crippen molar-refractivity contribution in [3.05, 3.63) is 68.0 Å². The molecule has 1 aromatic carbocycles. The number of halogens is 1. The first kappa shape index (κ1) is 19.1. The fourth-order valence-corrected chi connectivity index (χ4v) is 5.34. The fraction of sp³-hybridized carbons (Fsp3) is 0.364. The van der Waals surface area contributed by atoms with Crippen LogP contribution in [-0.2, 0) is 6.42 Å². The summed E-state index contributed by atoms with van der Waals surface area (Å²) in [5, 5.41) is 10.0. The third-order valence-corrected chi connectivity index (χ3v) is 6.93. The number of aryl methyl sites for hydroxylation is 1. The Morgan fingerprint density at radius 2 is 2.03 bits per heavy atom. The van der Waals surface area contributed by atoms with Crippen molar-refractivity contribution >= 4 is 17.2 Å². The maximum atomic E-state index is 13.1. The highest BCUT2D eigenvalue weighted by Gasteiger charge is 2.29. The van der Waals surface area contributed by atoms with Crippen LogP contribution in [0.25, 0.3) is 0 Å². The molecule has 5 rings (SSSR count). The van der Waals surface area contributed by atoms with Gasteiger partial charge < -0.3 is 14.7 Å². The maximum Gasteiger partial charge on any atom is 0.307 e. The number of H-pyrrole nitrogens is 1. The van der Waals surface area contributed by atoms with Gasteiger partial charge in [0, 0.05) is 31.8 Å². The molecular weight excluding hydrogens is 405 g/mol. The average molecular weight is 428 g/mol. The topological polar surface area (TPSA) is 78.5 Å². The van der Waals surface area contributed by atoms with Gasteiger partial charge in [-0.2, -0.15) is 0 Å². The molecule has 0 radical (unpaired) electrons. The van der Waals surface area contributed by atoms with Crippen LogP contribution < -0.4 is 14.5 Å². The van der Waals surface area contributed by atoms with E-state index in [-0.39, 0.29) is 28.6 Å². The number of rotatable bonds is 4. The number of fused-ring (bicyclic) bond motifs is 1. The highest BCUT2D eigenvalue weighted by Crippen LogP contribution is 2.43. The van der Waals surface area contributed by atoms with E-state index in [0.717, 1.165) is 67.2 Å². The predicted molar refractivity (Wildman–Crippen MR) is 113 cm³/mol. The SMILES string of the molecule is O=c1[nH]c(O)c(C2CCc3cc(OC4CCN(c5ccc(F)cn5)CC4)ccc32)s1. The Labute approximate surface area is 177 Å². The van der Waals surface area contributed by atoms with Gasteiger partial charge in [0.2, 0.25) is 5.88 Å². The molecule has 2 N–H and O–H groups in total. The van der Waals surface area contributed by atoms with Crippen LogP contribution in [0, 0.1) is 5.82 Å². The average Bonchev–Trinajstić information content (AvgIpc) is 3.31. The van der Waals surface area contributed by atoms with Crippen LogP contribution in [0.3, 0.4) is 0 Å². The lowest BCUT2D eigenvalue weighted by Gasteiger charge is -2.33. The maximum absolute atomic E-state index is 13.1. The number of hydrogen-bond acceptors (Lipinski definition) is 6. The van der Waals surface area contributed by atoms with Gasteiger partial charge in [-0.25, -0.2) is 9.37 Å². The summed E-state index contributed by atoms with van der Waals surface area (Å²) in [5.41, 5.74) is 2.37. The minimum atomic E-state index is -0.322. The molecule has 30 heavy (non-hydrogen) atoms. The van der Waals surface area contributed by atoms with Crippen molar-refractivity contribution in [3.8, 4) is 11.6 Å². The smallest absolute Gasteiger partial charge is 0.307 e. The van der Waals surface area contributed by atoms with Crippen LogP contribution in [0.15, 0.2) is 41.3 Å². The third kappa shape index (κ3) is 3.67. The van der Waals surface area contributed by atoms with Crippen molar-refractivity contribution in [2.75, 3.05) is 18.0 Å². The molecule has 0 saturated carbocycles. The number of benzene rings is 1. The van der Waals surface area contributed by atoms with Crippen LogP contribution in [0.2, 0.25) is 0 Å². The normalized spacial score (nSPS) is 19.1. The molecule has 1 fully saturated rings. The van der Waals surface area contributed by atoms with Gasteiger partial charge >= 0.3 is 4.87 Å². The second-order valence-electron chi connectivity index (χ2n) is 7.82. The number of aromatic amines is 1. The zero-order valence-corrected chi connectivity index (χ0v) is 17.1. The van der Waals surface area contributed by atoms with Crippen molar-refractivity contribution in [1.29, 1.82) is 0 Å². The monoisotopic (exact) mass is 427 g/mol. The number of nitrogens with zero attached hydrogens (tertiary/aromatic N) is 2. The van der Waals surface area contributed by atoms with Crippen molar-refractivity contribution < 1.29 is 14.2 Å². The Morgan fingerprint density at radius 3 is 2.73 bits per heavy atom. The molecule has 2 aliphatic rings. The Balaban J connectivity index is 1.23. The van der Waals surface area contributed by atoms with Crippen LogP contribution >= 0.6 is 11.3 Å². The molecule has 156 valence electrons. The fourth-order valence-electron chi connectivity index (χ4n) is 4.46. The first-order valence-electron chi connectivity index (χ1n) is 10.1. The molecule has 1 atom stereocenters. The van der Waals surface area contributed by atoms with Gasteiger partial charge in [-0.3, -0.25) is 9.78 Å². The van der Waals surface area contributed by atoms with Crippen LogP contribution in [0.4, 0.5) is 10.2 Å². The molecular formula is C22H22FN3O3S. The van der Waals surface area contributed by atoms with Gasteiger partial charge in [0.15, 0.2) is 0 Å². The Bertz CT molecular complexity index is 1100. The molecule has 8 heteroatoms. The molecule has 3 aromatic rings. The molecule has 0 amide bonds. The Kier molecular flexibility index (Phi) is 4.94. The highest BCUT2D eigenvalue weighted by molar-refractivity contribution is 7.09. The summed E-state index contributed by atoms with van der Waals surface area (Å²) < 4.78 is 19.3. The lowest BCUT2D eigenvalue weighted by molar-refractivity contribution is 0.170.